The van der Waals surface area contributed by atoms with Crippen molar-refractivity contribution in [2.24, 2.45) is 0 Å². The van der Waals surface area contributed by atoms with Crippen molar-refractivity contribution in [1.29, 1.82) is 0 Å². The van der Waals surface area contributed by atoms with Crippen molar-refractivity contribution >= 4 is 33.1 Å². The minimum atomic E-state index is -0.154. The van der Waals surface area contributed by atoms with Gasteiger partial charge in [0.25, 0.3) is 5.91 Å². The van der Waals surface area contributed by atoms with Crippen molar-refractivity contribution in [3.63, 3.8) is 0 Å². The molecule has 3 aromatic rings. The average molecular weight is 311 g/mol. The molecule has 0 aliphatic rings. The first-order valence-corrected chi connectivity index (χ1v) is 7.85. The fourth-order valence-corrected chi connectivity index (χ4v) is 3.28. The molecule has 2 heterocycles. The second kappa shape index (κ2) is 5.77. The van der Waals surface area contributed by atoms with Gasteiger partial charge in [0.2, 0.25) is 0 Å². The van der Waals surface area contributed by atoms with Gasteiger partial charge in [0.15, 0.2) is 0 Å². The van der Waals surface area contributed by atoms with Crippen molar-refractivity contribution in [1.82, 2.24) is 10.3 Å². The van der Waals surface area contributed by atoms with E-state index in [-0.39, 0.29) is 5.91 Å². The number of pyridine rings is 1. The molecule has 5 heteroatoms. The highest BCUT2D eigenvalue weighted by Gasteiger charge is 2.16. The molecule has 22 heavy (non-hydrogen) atoms. The van der Waals surface area contributed by atoms with Gasteiger partial charge in [-0.15, -0.1) is 11.3 Å². The topological polar surface area (TPSA) is 68.0 Å². The molecule has 0 saturated carbocycles. The maximum Gasteiger partial charge on any atom is 0.263 e. The summed E-state index contributed by atoms with van der Waals surface area (Å²) in [6.07, 6.45) is 0. The van der Waals surface area contributed by atoms with E-state index in [0.29, 0.717) is 17.1 Å². The zero-order valence-corrected chi connectivity index (χ0v) is 13.3. The van der Waals surface area contributed by atoms with E-state index in [4.69, 9.17) is 5.73 Å². The van der Waals surface area contributed by atoms with Crippen LogP contribution in [-0.2, 0) is 6.54 Å². The van der Waals surface area contributed by atoms with E-state index < -0.39 is 0 Å². The van der Waals surface area contributed by atoms with Crippen LogP contribution in [0.5, 0.6) is 0 Å². The summed E-state index contributed by atoms with van der Waals surface area (Å²) < 4.78 is 0. The smallest absolute Gasteiger partial charge is 0.263 e. The fourth-order valence-electron chi connectivity index (χ4n) is 2.23. The van der Waals surface area contributed by atoms with Crippen molar-refractivity contribution < 1.29 is 4.79 Å². The number of amides is 1. The molecule has 0 bridgehead atoms. The molecule has 1 amide bonds. The van der Waals surface area contributed by atoms with E-state index in [0.717, 1.165) is 21.5 Å². The zero-order chi connectivity index (χ0) is 15.7. The van der Waals surface area contributed by atoms with Crippen LogP contribution in [0.2, 0.25) is 0 Å². The van der Waals surface area contributed by atoms with Crippen LogP contribution in [0.1, 0.15) is 26.5 Å². The molecular formula is C17H17N3OS. The lowest BCUT2D eigenvalue weighted by atomic mass is 10.1. The molecule has 4 nitrogen and oxygen atoms in total. The standard InChI is InChI=1S/C17H17N3OS/c1-10-3-6-12(7-4-10)9-19-16(21)15-14(18)13-8-5-11(2)20-17(13)22-15/h3-8H,9,18H2,1-2H3,(H,19,21). The number of benzene rings is 1. The summed E-state index contributed by atoms with van der Waals surface area (Å²) in [6.45, 7) is 4.45. The number of aromatic nitrogens is 1. The summed E-state index contributed by atoms with van der Waals surface area (Å²) in [5, 5.41) is 3.76. The Morgan fingerprint density at radius 2 is 1.91 bits per heavy atom. The molecule has 0 spiro atoms. The third-order valence-electron chi connectivity index (χ3n) is 3.51. The third-order valence-corrected chi connectivity index (χ3v) is 4.63. The number of fused-ring (bicyclic) bond motifs is 1. The molecule has 3 N–H and O–H groups in total. The molecular weight excluding hydrogens is 294 g/mol. The van der Waals surface area contributed by atoms with E-state index in [1.54, 1.807) is 0 Å². The van der Waals surface area contributed by atoms with E-state index in [2.05, 4.69) is 10.3 Å². The molecule has 0 atom stereocenters. The SMILES string of the molecule is Cc1ccc(CNC(=O)c2sc3nc(C)ccc3c2N)cc1. The normalized spacial score (nSPS) is 10.8. The first kappa shape index (κ1) is 14.5. The van der Waals surface area contributed by atoms with Gasteiger partial charge in [0.05, 0.1) is 5.69 Å². The highest BCUT2D eigenvalue weighted by Crippen LogP contribution is 2.32. The quantitative estimate of drug-likeness (QED) is 0.778. The Morgan fingerprint density at radius 1 is 1.18 bits per heavy atom. The van der Waals surface area contributed by atoms with Gasteiger partial charge in [0.1, 0.15) is 9.71 Å². The number of rotatable bonds is 3. The minimum Gasteiger partial charge on any atom is -0.397 e. The number of aryl methyl sites for hydroxylation is 2. The van der Waals surface area contributed by atoms with E-state index in [1.807, 2.05) is 50.2 Å². The number of hydrogen-bond donors (Lipinski definition) is 2. The number of anilines is 1. The molecule has 0 aliphatic heterocycles. The van der Waals surface area contributed by atoms with Crippen molar-refractivity contribution in [3.8, 4) is 0 Å². The minimum absolute atomic E-state index is 0.154. The van der Waals surface area contributed by atoms with E-state index in [1.165, 1.54) is 16.9 Å². The number of nitrogens with zero attached hydrogens (tertiary/aromatic N) is 1. The lowest BCUT2D eigenvalue weighted by Gasteiger charge is -2.05. The Bertz CT molecular complexity index is 837. The van der Waals surface area contributed by atoms with Gasteiger partial charge in [-0.1, -0.05) is 29.8 Å². The van der Waals surface area contributed by atoms with E-state index in [9.17, 15) is 4.79 Å². The number of carbonyl (C=O) groups excluding carboxylic acids is 1. The molecule has 112 valence electrons. The average Bonchev–Trinajstić information content (AvgIpc) is 2.83. The van der Waals surface area contributed by atoms with Crippen LogP contribution in [0.15, 0.2) is 36.4 Å². The van der Waals surface area contributed by atoms with Gasteiger partial charge >= 0.3 is 0 Å². The van der Waals surface area contributed by atoms with Gasteiger partial charge in [-0.25, -0.2) is 4.98 Å². The second-order valence-electron chi connectivity index (χ2n) is 5.32. The third kappa shape index (κ3) is 2.80. The number of hydrogen-bond acceptors (Lipinski definition) is 4. The summed E-state index contributed by atoms with van der Waals surface area (Å²) in [7, 11) is 0. The first-order valence-electron chi connectivity index (χ1n) is 7.04. The van der Waals surface area contributed by atoms with Gasteiger partial charge in [-0.05, 0) is 31.5 Å². The molecule has 0 unspecified atom stereocenters. The summed E-state index contributed by atoms with van der Waals surface area (Å²) in [6, 6.07) is 11.9. The number of nitrogens with one attached hydrogen (secondary N) is 1. The molecule has 2 aromatic heterocycles. The summed E-state index contributed by atoms with van der Waals surface area (Å²) >= 11 is 1.34. The Labute approximate surface area is 133 Å². The van der Waals surface area contributed by atoms with Gasteiger partial charge in [-0.2, -0.15) is 0 Å². The highest BCUT2D eigenvalue weighted by atomic mass is 32.1. The number of thiophene rings is 1. The summed E-state index contributed by atoms with van der Waals surface area (Å²) in [5.41, 5.74) is 9.78. The van der Waals surface area contributed by atoms with Crippen molar-refractivity contribution in [2.75, 3.05) is 5.73 Å². The van der Waals surface area contributed by atoms with Crippen molar-refractivity contribution in [3.05, 3.63) is 58.1 Å². The van der Waals surface area contributed by atoms with Gasteiger partial charge in [0, 0.05) is 17.6 Å². The molecule has 0 fully saturated rings. The van der Waals surface area contributed by atoms with E-state index >= 15 is 0 Å². The number of nitrogen functional groups attached to an aromatic ring is 1. The van der Waals surface area contributed by atoms with Crippen molar-refractivity contribution in [2.45, 2.75) is 20.4 Å². The molecule has 1 aromatic carbocycles. The Morgan fingerprint density at radius 3 is 2.64 bits per heavy atom. The Hall–Kier alpha value is -2.40. The second-order valence-corrected chi connectivity index (χ2v) is 6.32. The first-order chi connectivity index (χ1) is 10.5. The molecule has 3 rings (SSSR count). The van der Waals surface area contributed by atoms with Gasteiger partial charge in [-0.3, -0.25) is 4.79 Å². The predicted octanol–water partition coefficient (Wildman–Crippen LogP) is 3.43. The summed E-state index contributed by atoms with van der Waals surface area (Å²) in [5.74, 6) is -0.154. The van der Waals surface area contributed by atoms with Crippen LogP contribution < -0.4 is 11.1 Å². The monoisotopic (exact) mass is 311 g/mol. The maximum absolute atomic E-state index is 12.4. The molecule has 0 saturated heterocycles. The van der Waals surface area contributed by atoms with Crippen LogP contribution in [0.3, 0.4) is 0 Å². The maximum atomic E-state index is 12.4. The zero-order valence-electron chi connectivity index (χ0n) is 12.5. The molecule has 0 aliphatic carbocycles. The van der Waals surface area contributed by atoms with Gasteiger partial charge < -0.3 is 11.1 Å². The number of nitrogens with two attached hydrogens (primary N) is 1. The number of carbonyl (C=O) groups is 1. The molecule has 0 radical (unpaired) electrons. The predicted molar refractivity (Wildman–Crippen MR) is 91.1 cm³/mol. The summed E-state index contributed by atoms with van der Waals surface area (Å²) in [4.78, 5) is 18.1. The largest absolute Gasteiger partial charge is 0.397 e. The fraction of sp³-hybridized carbons (Fsp3) is 0.176. The lowest BCUT2D eigenvalue weighted by molar-refractivity contribution is 0.0956. The van der Waals surface area contributed by atoms with Crippen LogP contribution in [0.4, 0.5) is 5.69 Å². The van der Waals surface area contributed by atoms with Crippen LogP contribution in [0, 0.1) is 13.8 Å². The lowest BCUT2D eigenvalue weighted by Crippen LogP contribution is -2.22. The highest BCUT2D eigenvalue weighted by molar-refractivity contribution is 7.21. The Balaban J connectivity index is 1.80. The van der Waals surface area contributed by atoms with Crippen LogP contribution in [-0.4, -0.2) is 10.9 Å². The Kier molecular flexibility index (Phi) is 3.81. The van der Waals surface area contributed by atoms with Crippen LogP contribution in [0.25, 0.3) is 10.2 Å². The van der Waals surface area contributed by atoms with Crippen LogP contribution >= 0.6 is 11.3 Å².